The molecule has 0 bridgehead atoms. The van der Waals surface area contributed by atoms with Crippen molar-refractivity contribution in [1.29, 1.82) is 0 Å². The molecule has 0 saturated heterocycles. The van der Waals surface area contributed by atoms with E-state index in [1.807, 2.05) is 0 Å². The smallest absolute Gasteiger partial charge is 0.302 e. The number of hydrogen-bond donors (Lipinski definition) is 0. The number of carbonyl (C=O) groups is 2. The van der Waals surface area contributed by atoms with Gasteiger partial charge >= 0.3 is 5.97 Å². The summed E-state index contributed by atoms with van der Waals surface area (Å²) in [5, 5.41) is 0. The van der Waals surface area contributed by atoms with Gasteiger partial charge in [-0.15, -0.1) is 0 Å². The molecule has 0 aromatic heterocycles. The summed E-state index contributed by atoms with van der Waals surface area (Å²) >= 11 is 0. The van der Waals surface area contributed by atoms with Gasteiger partial charge in [-0.2, -0.15) is 0 Å². The highest BCUT2D eigenvalue weighted by molar-refractivity contribution is 6.35. The Morgan fingerprint density at radius 1 is 1.38 bits per heavy atom. The van der Waals surface area contributed by atoms with Gasteiger partial charge in [0.15, 0.2) is 0 Å². The van der Waals surface area contributed by atoms with Crippen LogP contribution in [-0.4, -0.2) is 24.6 Å². The number of ether oxygens (including phenoxy) is 1. The standard InChI is InChI=1S/C15H13F2NO3/c1-3-11(9-21-10(2)19)7-18-8-15(20)13-6-12(16)4-5-14(13)17/h3-8H,1,9H2,2H3/b11-7+,18-8?. The third kappa shape index (κ3) is 5.48. The van der Waals surface area contributed by atoms with Gasteiger partial charge in [0.25, 0.3) is 0 Å². The van der Waals surface area contributed by atoms with Crippen LogP contribution in [0.15, 0.2) is 47.6 Å². The van der Waals surface area contributed by atoms with Gasteiger partial charge in [-0.1, -0.05) is 12.7 Å². The van der Waals surface area contributed by atoms with Crippen LogP contribution in [0.2, 0.25) is 0 Å². The normalized spacial score (nSPS) is 11.5. The van der Waals surface area contributed by atoms with Gasteiger partial charge in [0.2, 0.25) is 5.78 Å². The SMILES string of the molecule is C=C/C(=C\N=CC(=O)c1cc(F)ccc1F)COC(C)=O. The molecule has 0 radical (unpaired) electrons. The average molecular weight is 293 g/mol. The summed E-state index contributed by atoms with van der Waals surface area (Å²) in [5.74, 6) is -2.80. The Balaban J connectivity index is 2.79. The van der Waals surface area contributed by atoms with Crippen LogP contribution in [0, 0.1) is 11.6 Å². The maximum atomic E-state index is 13.3. The van der Waals surface area contributed by atoms with E-state index in [1.165, 1.54) is 19.2 Å². The first-order valence-corrected chi connectivity index (χ1v) is 5.91. The monoisotopic (exact) mass is 293 g/mol. The Hall–Kier alpha value is -2.63. The number of nitrogens with zero attached hydrogens (tertiary/aromatic N) is 1. The van der Waals surface area contributed by atoms with Crippen molar-refractivity contribution in [2.45, 2.75) is 6.92 Å². The highest BCUT2D eigenvalue weighted by atomic mass is 19.1. The third-order valence-corrected chi connectivity index (χ3v) is 2.33. The van der Waals surface area contributed by atoms with E-state index in [-0.39, 0.29) is 6.61 Å². The van der Waals surface area contributed by atoms with Crippen LogP contribution in [0.25, 0.3) is 0 Å². The quantitative estimate of drug-likeness (QED) is 0.351. The van der Waals surface area contributed by atoms with Crippen molar-refractivity contribution in [1.82, 2.24) is 0 Å². The molecule has 0 unspecified atom stereocenters. The Labute approximate surface area is 120 Å². The van der Waals surface area contributed by atoms with Gasteiger partial charge in [0.1, 0.15) is 18.2 Å². The Kier molecular flexibility index (Phi) is 6.13. The largest absolute Gasteiger partial charge is 0.461 e. The molecule has 0 fully saturated rings. The molecule has 0 aliphatic rings. The van der Waals surface area contributed by atoms with E-state index >= 15 is 0 Å². The lowest BCUT2D eigenvalue weighted by Gasteiger charge is -2.00. The highest BCUT2D eigenvalue weighted by Gasteiger charge is 2.10. The topological polar surface area (TPSA) is 55.7 Å². The highest BCUT2D eigenvalue weighted by Crippen LogP contribution is 2.09. The van der Waals surface area contributed by atoms with Gasteiger partial charge < -0.3 is 4.74 Å². The van der Waals surface area contributed by atoms with Crippen molar-refractivity contribution in [3.05, 3.63) is 59.8 Å². The number of Topliss-reactive ketones (excluding diaryl/α,β-unsaturated/α-hetero) is 1. The molecule has 1 aromatic rings. The Morgan fingerprint density at radius 2 is 2.10 bits per heavy atom. The van der Waals surface area contributed by atoms with Crippen molar-refractivity contribution in [3.63, 3.8) is 0 Å². The molecule has 0 aliphatic carbocycles. The van der Waals surface area contributed by atoms with Crippen LogP contribution in [0.1, 0.15) is 17.3 Å². The van der Waals surface area contributed by atoms with Gasteiger partial charge in [-0.05, 0) is 18.2 Å². The van der Waals surface area contributed by atoms with Crippen LogP contribution in [0.5, 0.6) is 0 Å². The molecular weight excluding hydrogens is 280 g/mol. The molecule has 4 nitrogen and oxygen atoms in total. The van der Waals surface area contributed by atoms with Crippen molar-refractivity contribution >= 4 is 18.0 Å². The second kappa shape index (κ2) is 7.84. The first-order chi connectivity index (χ1) is 9.93. The van der Waals surface area contributed by atoms with E-state index in [1.54, 1.807) is 0 Å². The first kappa shape index (κ1) is 16.4. The number of hydrogen-bond acceptors (Lipinski definition) is 4. The van der Waals surface area contributed by atoms with Gasteiger partial charge in [-0.3, -0.25) is 14.6 Å². The van der Waals surface area contributed by atoms with E-state index in [2.05, 4.69) is 11.6 Å². The second-order valence-corrected chi connectivity index (χ2v) is 3.95. The number of aliphatic imine (C=N–C) groups is 1. The van der Waals surface area contributed by atoms with Gasteiger partial charge in [0, 0.05) is 18.7 Å². The molecule has 6 heteroatoms. The minimum Gasteiger partial charge on any atom is -0.461 e. The van der Waals surface area contributed by atoms with E-state index in [0.717, 1.165) is 24.4 Å². The van der Waals surface area contributed by atoms with Gasteiger partial charge in [0.05, 0.1) is 11.8 Å². The van der Waals surface area contributed by atoms with Crippen molar-refractivity contribution in [2.75, 3.05) is 6.61 Å². The number of esters is 1. The van der Waals surface area contributed by atoms with E-state index < -0.39 is 29.0 Å². The summed E-state index contributed by atoms with van der Waals surface area (Å²) in [7, 11) is 0. The summed E-state index contributed by atoms with van der Waals surface area (Å²) < 4.78 is 31.0. The first-order valence-electron chi connectivity index (χ1n) is 5.91. The predicted molar refractivity (Wildman–Crippen MR) is 74.1 cm³/mol. The number of rotatable bonds is 6. The summed E-state index contributed by atoms with van der Waals surface area (Å²) in [4.78, 5) is 26.0. The third-order valence-electron chi connectivity index (χ3n) is 2.33. The molecule has 0 atom stereocenters. The van der Waals surface area contributed by atoms with Crippen molar-refractivity contribution in [2.24, 2.45) is 4.99 Å². The molecule has 110 valence electrons. The molecular formula is C15H13F2NO3. The van der Waals surface area contributed by atoms with Crippen LogP contribution >= 0.6 is 0 Å². The number of carbonyl (C=O) groups excluding carboxylic acids is 2. The minimum atomic E-state index is -0.833. The van der Waals surface area contributed by atoms with Crippen LogP contribution in [-0.2, 0) is 9.53 Å². The number of halogens is 2. The lowest BCUT2D eigenvalue weighted by Crippen LogP contribution is -2.04. The minimum absolute atomic E-state index is 0.0430. The van der Waals surface area contributed by atoms with E-state index in [9.17, 15) is 18.4 Å². The zero-order valence-corrected chi connectivity index (χ0v) is 11.3. The summed E-state index contributed by atoms with van der Waals surface area (Å²) in [6, 6.07) is 2.57. The zero-order chi connectivity index (χ0) is 15.8. The second-order valence-electron chi connectivity index (χ2n) is 3.95. The fraction of sp³-hybridized carbons (Fsp3) is 0.133. The number of ketones is 1. The van der Waals surface area contributed by atoms with E-state index in [0.29, 0.717) is 5.57 Å². The zero-order valence-electron chi connectivity index (χ0n) is 11.3. The molecule has 0 spiro atoms. The fourth-order valence-corrected chi connectivity index (χ4v) is 1.29. The average Bonchev–Trinajstić information content (AvgIpc) is 2.44. The lowest BCUT2D eigenvalue weighted by atomic mass is 10.1. The fourth-order valence-electron chi connectivity index (χ4n) is 1.29. The molecule has 0 N–H and O–H groups in total. The molecule has 0 heterocycles. The molecule has 21 heavy (non-hydrogen) atoms. The Morgan fingerprint density at radius 3 is 2.71 bits per heavy atom. The Bertz CT molecular complexity index is 621. The van der Waals surface area contributed by atoms with Crippen LogP contribution in [0.3, 0.4) is 0 Å². The summed E-state index contributed by atoms with van der Waals surface area (Å²) in [6.45, 7) is 4.70. The van der Waals surface area contributed by atoms with E-state index in [4.69, 9.17) is 4.74 Å². The number of benzene rings is 1. The molecule has 0 amide bonds. The van der Waals surface area contributed by atoms with Crippen LogP contribution in [0.4, 0.5) is 8.78 Å². The maximum absolute atomic E-state index is 13.3. The lowest BCUT2D eigenvalue weighted by molar-refractivity contribution is -0.139. The molecule has 1 rings (SSSR count). The van der Waals surface area contributed by atoms with Gasteiger partial charge in [-0.25, -0.2) is 8.78 Å². The molecule has 0 aliphatic heterocycles. The summed E-state index contributed by atoms with van der Waals surface area (Å²) in [5.41, 5.74) is 0.0428. The van der Waals surface area contributed by atoms with Crippen molar-refractivity contribution in [3.8, 4) is 0 Å². The molecule has 0 saturated carbocycles. The predicted octanol–water partition coefficient (Wildman–Crippen LogP) is 2.85. The van der Waals surface area contributed by atoms with Crippen molar-refractivity contribution < 1.29 is 23.1 Å². The summed E-state index contributed by atoms with van der Waals surface area (Å²) in [6.07, 6.45) is 3.48. The van der Waals surface area contributed by atoms with Crippen LogP contribution < -0.4 is 0 Å². The molecule has 1 aromatic carbocycles. The maximum Gasteiger partial charge on any atom is 0.302 e.